The van der Waals surface area contributed by atoms with Gasteiger partial charge in [0.05, 0.1) is 0 Å². The van der Waals surface area contributed by atoms with E-state index in [0.717, 1.165) is 19.3 Å². The van der Waals surface area contributed by atoms with Gasteiger partial charge in [0.25, 0.3) is 11.5 Å². The largest absolute Gasteiger partial charge is 0.350 e. The molecule has 0 atom stereocenters. The first-order chi connectivity index (χ1) is 8.25. The number of amides is 1. The summed E-state index contributed by atoms with van der Waals surface area (Å²) in [4.78, 5) is 22.4. The first kappa shape index (κ1) is 11.6. The van der Waals surface area contributed by atoms with E-state index in [4.69, 9.17) is 0 Å². The van der Waals surface area contributed by atoms with Crippen molar-refractivity contribution in [3.8, 4) is 0 Å². The quantitative estimate of drug-likeness (QED) is 0.762. The smallest absolute Gasteiger partial charge is 0.271 e. The van der Waals surface area contributed by atoms with Crippen molar-refractivity contribution in [2.75, 3.05) is 6.54 Å². The van der Waals surface area contributed by atoms with Crippen molar-refractivity contribution in [1.29, 1.82) is 0 Å². The fourth-order valence-electron chi connectivity index (χ4n) is 1.86. The molecule has 0 unspecified atom stereocenters. The van der Waals surface area contributed by atoms with Gasteiger partial charge in [-0.25, -0.2) is 5.10 Å². The second-order valence-corrected chi connectivity index (χ2v) is 4.07. The standard InChI is InChI=1S/C12H15N3O2/c16-11-6-5-10(14-15-11)12(17)13-8-7-9-3-1-2-4-9/h3,5-6H,1-2,4,7-8H2,(H,13,17)(H,15,16). The van der Waals surface area contributed by atoms with Gasteiger partial charge in [0.1, 0.15) is 5.69 Å². The Labute approximate surface area is 98.9 Å². The summed E-state index contributed by atoms with van der Waals surface area (Å²) in [6.45, 7) is 0.617. The maximum Gasteiger partial charge on any atom is 0.271 e. The Balaban J connectivity index is 1.80. The van der Waals surface area contributed by atoms with Gasteiger partial charge in [0.2, 0.25) is 0 Å². The molecular formula is C12H15N3O2. The molecule has 5 nitrogen and oxygen atoms in total. The molecule has 90 valence electrons. The normalized spacial score (nSPS) is 14.5. The molecule has 17 heavy (non-hydrogen) atoms. The van der Waals surface area contributed by atoms with Gasteiger partial charge in [0, 0.05) is 12.6 Å². The third-order valence-corrected chi connectivity index (χ3v) is 2.78. The molecule has 2 N–H and O–H groups in total. The summed E-state index contributed by atoms with van der Waals surface area (Å²) in [7, 11) is 0. The van der Waals surface area contributed by atoms with Crippen LogP contribution in [0.3, 0.4) is 0 Å². The molecule has 0 spiro atoms. The van der Waals surface area contributed by atoms with Crippen LogP contribution in [-0.4, -0.2) is 22.6 Å². The molecule has 2 rings (SSSR count). The number of allylic oxidation sites excluding steroid dienone is 1. The summed E-state index contributed by atoms with van der Waals surface area (Å²) >= 11 is 0. The van der Waals surface area contributed by atoms with Crippen molar-refractivity contribution in [2.24, 2.45) is 0 Å². The van der Waals surface area contributed by atoms with Crippen LogP contribution in [-0.2, 0) is 0 Å². The maximum atomic E-state index is 11.6. The molecule has 1 amide bonds. The van der Waals surface area contributed by atoms with E-state index in [0.29, 0.717) is 6.54 Å². The number of hydrogen-bond donors (Lipinski definition) is 2. The predicted molar refractivity (Wildman–Crippen MR) is 63.7 cm³/mol. The lowest BCUT2D eigenvalue weighted by Gasteiger charge is -2.04. The number of aromatic amines is 1. The molecular weight excluding hydrogens is 218 g/mol. The van der Waals surface area contributed by atoms with Crippen LogP contribution in [0.5, 0.6) is 0 Å². The van der Waals surface area contributed by atoms with Crippen LogP contribution in [0.15, 0.2) is 28.6 Å². The van der Waals surface area contributed by atoms with E-state index >= 15 is 0 Å². The highest BCUT2D eigenvalue weighted by Gasteiger charge is 2.08. The Kier molecular flexibility index (Phi) is 3.69. The molecule has 1 aromatic rings. The van der Waals surface area contributed by atoms with Gasteiger partial charge in [0.15, 0.2) is 0 Å². The highest BCUT2D eigenvalue weighted by atomic mass is 16.2. The van der Waals surface area contributed by atoms with E-state index in [1.54, 1.807) is 0 Å². The number of carbonyl (C=O) groups is 1. The monoisotopic (exact) mass is 233 g/mol. The number of nitrogens with zero attached hydrogens (tertiary/aromatic N) is 1. The molecule has 0 saturated heterocycles. The Morgan fingerprint density at radius 2 is 2.35 bits per heavy atom. The number of nitrogens with one attached hydrogen (secondary N) is 2. The van der Waals surface area contributed by atoms with E-state index in [2.05, 4.69) is 21.6 Å². The van der Waals surface area contributed by atoms with E-state index in [1.165, 1.54) is 24.1 Å². The van der Waals surface area contributed by atoms with Gasteiger partial charge in [-0.2, -0.15) is 5.10 Å². The summed E-state index contributed by atoms with van der Waals surface area (Å²) in [5.41, 5.74) is 1.35. The Bertz CT molecular complexity index is 470. The average molecular weight is 233 g/mol. The van der Waals surface area contributed by atoms with Crippen LogP contribution in [0.25, 0.3) is 0 Å². The Morgan fingerprint density at radius 3 is 3.00 bits per heavy atom. The predicted octanol–water partition coefficient (Wildman–Crippen LogP) is 1.00. The number of aromatic nitrogens is 2. The minimum atomic E-state index is -0.308. The Hall–Kier alpha value is -1.91. The highest BCUT2D eigenvalue weighted by Crippen LogP contribution is 2.19. The molecule has 1 aliphatic rings. The fraction of sp³-hybridized carbons (Fsp3) is 0.417. The molecule has 0 fully saturated rings. The van der Waals surface area contributed by atoms with Crippen molar-refractivity contribution >= 4 is 5.91 Å². The van der Waals surface area contributed by atoms with Gasteiger partial charge < -0.3 is 5.32 Å². The van der Waals surface area contributed by atoms with E-state index in [9.17, 15) is 9.59 Å². The van der Waals surface area contributed by atoms with Crippen LogP contribution in [0.2, 0.25) is 0 Å². The molecule has 0 aliphatic heterocycles. The van der Waals surface area contributed by atoms with Crippen LogP contribution < -0.4 is 10.9 Å². The van der Waals surface area contributed by atoms with Crippen molar-refractivity contribution < 1.29 is 4.79 Å². The topological polar surface area (TPSA) is 74.8 Å². The first-order valence-corrected chi connectivity index (χ1v) is 5.77. The maximum absolute atomic E-state index is 11.6. The SMILES string of the molecule is O=C(NCCC1=CCCC1)c1ccc(=O)[nH]n1. The summed E-state index contributed by atoms with van der Waals surface area (Å²) in [5.74, 6) is -0.250. The molecule has 1 heterocycles. The average Bonchev–Trinajstić information content (AvgIpc) is 2.83. The van der Waals surface area contributed by atoms with Crippen LogP contribution in [0.1, 0.15) is 36.2 Å². The summed E-state index contributed by atoms with van der Waals surface area (Å²) in [5, 5.41) is 8.68. The molecule has 0 aromatic carbocycles. The second-order valence-electron chi connectivity index (χ2n) is 4.07. The second kappa shape index (κ2) is 5.43. The number of H-pyrrole nitrogens is 1. The molecule has 0 radical (unpaired) electrons. The van der Waals surface area contributed by atoms with Crippen molar-refractivity contribution in [1.82, 2.24) is 15.5 Å². The third-order valence-electron chi connectivity index (χ3n) is 2.78. The van der Waals surface area contributed by atoms with Crippen LogP contribution in [0.4, 0.5) is 0 Å². The highest BCUT2D eigenvalue weighted by molar-refractivity contribution is 5.91. The number of carbonyl (C=O) groups excluding carboxylic acids is 1. The molecule has 0 bridgehead atoms. The summed E-state index contributed by atoms with van der Waals surface area (Å²) in [6.07, 6.45) is 6.67. The zero-order valence-electron chi connectivity index (χ0n) is 9.53. The summed E-state index contributed by atoms with van der Waals surface area (Å²) < 4.78 is 0. The van der Waals surface area contributed by atoms with Crippen molar-refractivity contribution in [3.05, 3.63) is 39.8 Å². The number of hydrogen-bond acceptors (Lipinski definition) is 3. The van der Waals surface area contributed by atoms with E-state index in [-0.39, 0.29) is 17.2 Å². The minimum Gasteiger partial charge on any atom is -0.350 e. The molecule has 5 heteroatoms. The third kappa shape index (κ3) is 3.27. The zero-order chi connectivity index (χ0) is 12.1. The Morgan fingerprint density at radius 1 is 1.47 bits per heavy atom. The van der Waals surface area contributed by atoms with Crippen LogP contribution >= 0.6 is 0 Å². The molecule has 1 aromatic heterocycles. The van der Waals surface area contributed by atoms with Crippen LogP contribution in [0, 0.1) is 0 Å². The lowest BCUT2D eigenvalue weighted by Crippen LogP contribution is -2.26. The zero-order valence-corrected chi connectivity index (χ0v) is 9.53. The molecule has 0 saturated carbocycles. The van der Waals surface area contributed by atoms with Gasteiger partial charge >= 0.3 is 0 Å². The summed E-state index contributed by atoms with van der Waals surface area (Å²) in [6, 6.07) is 2.71. The molecule has 1 aliphatic carbocycles. The minimum absolute atomic E-state index is 0.241. The number of rotatable bonds is 4. The van der Waals surface area contributed by atoms with Gasteiger partial charge in [-0.3, -0.25) is 9.59 Å². The van der Waals surface area contributed by atoms with Crippen molar-refractivity contribution in [2.45, 2.75) is 25.7 Å². The van der Waals surface area contributed by atoms with Gasteiger partial charge in [-0.05, 0) is 31.7 Å². The lowest BCUT2D eigenvalue weighted by atomic mass is 10.2. The van der Waals surface area contributed by atoms with E-state index < -0.39 is 0 Å². The first-order valence-electron chi connectivity index (χ1n) is 5.77. The van der Waals surface area contributed by atoms with Crippen molar-refractivity contribution in [3.63, 3.8) is 0 Å². The van der Waals surface area contributed by atoms with Gasteiger partial charge in [-0.1, -0.05) is 11.6 Å². The lowest BCUT2D eigenvalue weighted by molar-refractivity contribution is 0.0948. The fourth-order valence-corrected chi connectivity index (χ4v) is 1.86. The van der Waals surface area contributed by atoms with E-state index in [1.807, 2.05) is 0 Å². The van der Waals surface area contributed by atoms with Gasteiger partial charge in [-0.15, -0.1) is 0 Å².